The molecule has 3 aromatic rings. The first-order valence-electron chi connectivity index (χ1n) is 11.1. The molecule has 0 unspecified atom stereocenters. The maximum absolute atomic E-state index is 12.7. The molecule has 168 valence electrons. The van der Waals surface area contributed by atoms with E-state index in [0.29, 0.717) is 25.9 Å². The van der Waals surface area contributed by atoms with Crippen LogP contribution in [0, 0.1) is 23.2 Å². The van der Waals surface area contributed by atoms with Gasteiger partial charge in [-0.1, -0.05) is 13.3 Å². The van der Waals surface area contributed by atoms with Crippen molar-refractivity contribution in [2.75, 3.05) is 18.8 Å². The van der Waals surface area contributed by atoms with Crippen molar-refractivity contribution in [3.05, 3.63) is 31.0 Å². The van der Waals surface area contributed by atoms with E-state index in [9.17, 15) is 13.7 Å². The van der Waals surface area contributed by atoms with Crippen LogP contribution in [0.3, 0.4) is 0 Å². The van der Waals surface area contributed by atoms with Crippen molar-refractivity contribution in [1.82, 2.24) is 29.0 Å². The number of aromatic nitrogens is 5. The van der Waals surface area contributed by atoms with Crippen LogP contribution in [0.15, 0.2) is 31.0 Å². The van der Waals surface area contributed by atoms with Crippen LogP contribution in [0.1, 0.15) is 39.0 Å². The van der Waals surface area contributed by atoms with Crippen LogP contribution in [0.5, 0.6) is 0 Å². The van der Waals surface area contributed by atoms with Crippen LogP contribution in [0.25, 0.3) is 22.3 Å². The lowest BCUT2D eigenvalue weighted by Crippen LogP contribution is -2.36. The first-order chi connectivity index (χ1) is 15.5. The fourth-order valence-electron chi connectivity index (χ4n) is 5.47. The monoisotopic (exact) mass is 453 g/mol. The van der Waals surface area contributed by atoms with Crippen molar-refractivity contribution in [2.24, 2.45) is 11.8 Å². The molecule has 1 N–H and O–H groups in total. The van der Waals surface area contributed by atoms with Gasteiger partial charge >= 0.3 is 0 Å². The van der Waals surface area contributed by atoms with Gasteiger partial charge in [0.15, 0.2) is 0 Å². The van der Waals surface area contributed by atoms with Crippen LogP contribution >= 0.6 is 0 Å². The van der Waals surface area contributed by atoms with Gasteiger partial charge in [0.05, 0.1) is 35.7 Å². The minimum Gasteiger partial charge on any atom is -0.346 e. The zero-order valence-electron chi connectivity index (χ0n) is 18.1. The molecule has 3 aromatic heterocycles. The summed E-state index contributed by atoms with van der Waals surface area (Å²) >= 11 is 0. The van der Waals surface area contributed by atoms with Gasteiger partial charge in [-0.15, -0.1) is 0 Å². The number of nitriles is 1. The number of hydrogen-bond donors (Lipinski definition) is 1. The van der Waals surface area contributed by atoms with Crippen molar-refractivity contribution in [1.29, 1.82) is 5.26 Å². The summed E-state index contributed by atoms with van der Waals surface area (Å²) in [7, 11) is -3.20. The lowest BCUT2D eigenvalue weighted by atomic mass is 9.92. The maximum atomic E-state index is 12.7. The number of nitrogens with one attached hydrogen (secondary N) is 1. The Balaban J connectivity index is 1.39. The quantitative estimate of drug-likeness (QED) is 0.587. The Hall–Kier alpha value is -2.77. The molecule has 10 heteroatoms. The lowest BCUT2D eigenvalue weighted by Gasteiger charge is -2.29. The fourth-order valence-corrected chi connectivity index (χ4v) is 7.22. The van der Waals surface area contributed by atoms with Crippen LogP contribution in [-0.4, -0.2) is 56.3 Å². The molecule has 0 aromatic carbocycles. The van der Waals surface area contributed by atoms with E-state index in [0.717, 1.165) is 41.6 Å². The standard InChI is InChI=1S/C22H27N7O2S/c1-2-3-8-32(30,31)28-12-16-9-22(5-6-23,10-17(16)13-28)29-14-18(11-27-29)20-19-4-7-24-21(19)26-15-25-20/h4,7,11,14-17H,2-3,5,8-10,12-13H2,1H3,(H,24,25,26)/t16-,17+,22-. The summed E-state index contributed by atoms with van der Waals surface area (Å²) in [6, 6.07) is 4.30. The first-order valence-corrected chi connectivity index (χ1v) is 12.7. The largest absolute Gasteiger partial charge is 0.346 e. The van der Waals surface area contributed by atoms with E-state index in [-0.39, 0.29) is 17.6 Å². The molecule has 2 aliphatic rings. The summed E-state index contributed by atoms with van der Waals surface area (Å²) in [6.07, 6.45) is 10.6. The normalized spacial score (nSPS) is 25.9. The van der Waals surface area contributed by atoms with Crippen LogP contribution in [-0.2, 0) is 15.6 Å². The number of unbranched alkanes of at least 4 members (excludes halogenated alkanes) is 1. The Morgan fingerprint density at radius 2 is 2.06 bits per heavy atom. The molecule has 32 heavy (non-hydrogen) atoms. The van der Waals surface area contributed by atoms with Gasteiger partial charge in [0, 0.05) is 36.4 Å². The Kier molecular flexibility index (Phi) is 5.26. The molecular weight excluding hydrogens is 426 g/mol. The van der Waals surface area contributed by atoms with Gasteiger partial charge in [-0.3, -0.25) is 4.68 Å². The van der Waals surface area contributed by atoms with Crippen LogP contribution < -0.4 is 0 Å². The molecule has 1 aliphatic carbocycles. The first kappa shape index (κ1) is 21.1. The summed E-state index contributed by atoms with van der Waals surface area (Å²) in [6.45, 7) is 3.10. The Labute approximate surface area is 187 Å². The molecule has 4 heterocycles. The van der Waals surface area contributed by atoms with Crippen molar-refractivity contribution in [3.8, 4) is 17.3 Å². The molecule has 1 saturated carbocycles. The molecule has 0 amide bonds. The predicted octanol–water partition coefficient (Wildman–Crippen LogP) is 2.90. The number of rotatable bonds is 7. The molecule has 5 rings (SSSR count). The molecule has 2 fully saturated rings. The number of aromatic amines is 1. The van der Waals surface area contributed by atoms with Crippen molar-refractivity contribution in [2.45, 2.75) is 44.6 Å². The number of hydrogen-bond acceptors (Lipinski definition) is 6. The Morgan fingerprint density at radius 3 is 2.78 bits per heavy atom. The molecule has 0 bridgehead atoms. The van der Waals surface area contributed by atoms with E-state index in [1.54, 1.807) is 10.5 Å². The molecule has 1 aliphatic heterocycles. The second kappa shape index (κ2) is 7.98. The average molecular weight is 454 g/mol. The zero-order valence-corrected chi connectivity index (χ0v) is 18.9. The van der Waals surface area contributed by atoms with E-state index in [4.69, 9.17) is 0 Å². The summed E-state index contributed by atoms with van der Waals surface area (Å²) < 4.78 is 28.9. The highest BCUT2D eigenvalue weighted by Crippen LogP contribution is 2.50. The van der Waals surface area contributed by atoms with Gasteiger partial charge in [-0.05, 0) is 37.2 Å². The Bertz CT molecular complexity index is 1260. The van der Waals surface area contributed by atoms with E-state index >= 15 is 0 Å². The summed E-state index contributed by atoms with van der Waals surface area (Å²) in [5.41, 5.74) is 2.05. The van der Waals surface area contributed by atoms with Crippen molar-refractivity contribution < 1.29 is 8.42 Å². The third-order valence-electron chi connectivity index (χ3n) is 7.08. The zero-order chi connectivity index (χ0) is 22.3. The summed E-state index contributed by atoms with van der Waals surface area (Å²) in [5, 5.41) is 15.2. The second-order valence-electron chi connectivity index (χ2n) is 9.11. The molecule has 0 spiro atoms. The number of H-pyrrole nitrogens is 1. The summed E-state index contributed by atoms with van der Waals surface area (Å²) in [4.78, 5) is 11.8. The molecule has 9 nitrogen and oxygen atoms in total. The number of fused-ring (bicyclic) bond motifs is 2. The third-order valence-corrected chi connectivity index (χ3v) is 8.97. The van der Waals surface area contributed by atoms with E-state index < -0.39 is 15.6 Å². The highest BCUT2D eigenvalue weighted by molar-refractivity contribution is 7.89. The smallest absolute Gasteiger partial charge is 0.214 e. The van der Waals surface area contributed by atoms with Gasteiger partial charge in [0.25, 0.3) is 0 Å². The fraction of sp³-hybridized carbons (Fsp3) is 0.545. The van der Waals surface area contributed by atoms with Gasteiger partial charge in [0.2, 0.25) is 10.0 Å². The SMILES string of the molecule is CCCCS(=O)(=O)N1C[C@@H]2C[C@](CC#N)(n3cc(-c4ncnc5[nH]ccc45)cn3)C[C@@H]2C1. The van der Waals surface area contributed by atoms with Crippen LogP contribution in [0.2, 0.25) is 0 Å². The highest BCUT2D eigenvalue weighted by atomic mass is 32.2. The number of nitrogens with zero attached hydrogens (tertiary/aromatic N) is 6. The van der Waals surface area contributed by atoms with Gasteiger partial charge < -0.3 is 4.98 Å². The minimum atomic E-state index is -3.20. The van der Waals surface area contributed by atoms with Gasteiger partial charge in [0.1, 0.15) is 12.0 Å². The third kappa shape index (κ3) is 3.49. The second-order valence-corrected chi connectivity index (χ2v) is 11.2. The molecule has 0 radical (unpaired) electrons. The van der Waals surface area contributed by atoms with E-state index in [1.807, 2.05) is 30.1 Å². The maximum Gasteiger partial charge on any atom is 0.214 e. The van der Waals surface area contributed by atoms with Gasteiger partial charge in [-0.25, -0.2) is 22.7 Å². The van der Waals surface area contributed by atoms with Crippen molar-refractivity contribution in [3.63, 3.8) is 0 Å². The van der Waals surface area contributed by atoms with E-state index in [1.165, 1.54) is 6.33 Å². The summed E-state index contributed by atoms with van der Waals surface area (Å²) in [5.74, 6) is 0.729. The molecule has 1 saturated heterocycles. The van der Waals surface area contributed by atoms with Crippen LogP contribution in [0.4, 0.5) is 0 Å². The topological polar surface area (TPSA) is 121 Å². The van der Waals surface area contributed by atoms with E-state index in [2.05, 4.69) is 26.1 Å². The lowest BCUT2D eigenvalue weighted by molar-refractivity contribution is 0.240. The highest BCUT2D eigenvalue weighted by Gasteiger charge is 2.52. The Morgan fingerprint density at radius 1 is 1.28 bits per heavy atom. The molecule has 3 atom stereocenters. The number of sulfonamides is 1. The average Bonchev–Trinajstić information content (AvgIpc) is 3.54. The predicted molar refractivity (Wildman–Crippen MR) is 120 cm³/mol. The van der Waals surface area contributed by atoms with Gasteiger partial charge in [-0.2, -0.15) is 10.4 Å². The van der Waals surface area contributed by atoms with Crippen molar-refractivity contribution >= 4 is 21.1 Å². The molecular formula is C22H27N7O2S. The minimum absolute atomic E-state index is 0.224.